The second-order valence-corrected chi connectivity index (χ2v) is 8.98. The lowest BCUT2D eigenvalue weighted by atomic mass is 9.76. The fraction of sp³-hybridized carbons (Fsp3) is 0.500. The molecule has 150 valence electrons. The number of pyridine rings is 1. The molecule has 0 atom stereocenters. The van der Waals surface area contributed by atoms with Crippen molar-refractivity contribution in [1.82, 2.24) is 9.88 Å². The molecule has 1 amide bonds. The maximum absolute atomic E-state index is 12.4. The molecule has 0 aromatic carbocycles. The molecule has 1 aliphatic heterocycles. The highest BCUT2D eigenvalue weighted by atomic mass is 16.2. The maximum Gasteiger partial charge on any atom is 0.223 e. The van der Waals surface area contributed by atoms with Gasteiger partial charge in [0.1, 0.15) is 5.78 Å². The van der Waals surface area contributed by atoms with E-state index in [4.69, 9.17) is 10.2 Å². The smallest absolute Gasteiger partial charge is 0.223 e. The molecule has 0 saturated heterocycles. The number of aromatic nitrogens is 1. The Kier molecular flexibility index (Phi) is 5.12. The first kappa shape index (κ1) is 19.6. The lowest BCUT2D eigenvalue weighted by molar-refractivity contribution is -0.131. The number of ketones is 1. The van der Waals surface area contributed by atoms with E-state index in [9.17, 15) is 9.59 Å². The van der Waals surface area contributed by atoms with Crippen LogP contribution < -0.4 is 0 Å². The third-order valence-corrected chi connectivity index (χ3v) is 6.10. The fourth-order valence-electron chi connectivity index (χ4n) is 4.43. The molecule has 0 N–H and O–H groups in total. The first-order valence-corrected chi connectivity index (χ1v) is 10.5. The molecule has 5 heteroatoms. The van der Waals surface area contributed by atoms with Gasteiger partial charge in [-0.15, -0.1) is 0 Å². The molecule has 0 unspecified atom stereocenters. The minimum absolute atomic E-state index is 0.0329. The van der Waals surface area contributed by atoms with Crippen LogP contribution >= 0.6 is 0 Å². The highest BCUT2D eigenvalue weighted by molar-refractivity contribution is 5.86. The Balaban J connectivity index is 1.64. The fourth-order valence-corrected chi connectivity index (χ4v) is 4.43. The van der Waals surface area contributed by atoms with E-state index in [1.54, 1.807) is 0 Å². The molecule has 1 fully saturated rings. The van der Waals surface area contributed by atoms with Crippen molar-refractivity contribution >= 4 is 23.3 Å². The minimum atomic E-state index is -0.218. The van der Waals surface area contributed by atoms with E-state index in [1.807, 2.05) is 4.90 Å². The summed E-state index contributed by atoms with van der Waals surface area (Å²) in [4.78, 5) is 31.4. The van der Waals surface area contributed by atoms with Crippen molar-refractivity contribution in [3.05, 3.63) is 40.7 Å². The standard InChI is InChI=1S/C24H27N3O2/c1-24(2)15-27(23(29)7-4-11-25)12-10-20(24)19-13-17(14-22(28)16-8-9-16)26-21-6-3-5-18(19)21/h3,5,10,13,16H,4,6-9,12,14-15H2,1-2H3. The summed E-state index contributed by atoms with van der Waals surface area (Å²) in [5, 5.41) is 8.75. The predicted molar refractivity (Wildman–Crippen MR) is 112 cm³/mol. The van der Waals surface area contributed by atoms with E-state index < -0.39 is 0 Å². The zero-order valence-electron chi connectivity index (χ0n) is 17.2. The zero-order valence-corrected chi connectivity index (χ0v) is 17.2. The van der Waals surface area contributed by atoms with E-state index in [1.165, 1.54) is 5.57 Å². The second kappa shape index (κ2) is 7.59. The minimum Gasteiger partial charge on any atom is -0.338 e. The number of nitriles is 1. The third kappa shape index (κ3) is 4.03. The Hall–Kier alpha value is -2.74. The summed E-state index contributed by atoms with van der Waals surface area (Å²) in [6, 6.07) is 4.14. The summed E-state index contributed by atoms with van der Waals surface area (Å²) in [6.45, 7) is 5.49. The van der Waals surface area contributed by atoms with Crippen LogP contribution in [0.3, 0.4) is 0 Å². The molecule has 2 aliphatic carbocycles. The topological polar surface area (TPSA) is 74.1 Å². The van der Waals surface area contributed by atoms with Gasteiger partial charge in [-0.2, -0.15) is 5.26 Å². The Labute approximate surface area is 172 Å². The van der Waals surface area contributed by atoms with E-state index in [-0.39, 0.29) is 30.1 Å². The molecule has 1 saturated carbocycles. The summed E-state index contributed by atoms with van der Waals surface area (Å²) in [7, 11) is 0. The van der Waals surface area contributed by atoms with Crippen molar-refractivity contribution in [2.75, 3.05) is 13.1 Å². The van der Waals surface area contributed by atoms with E-state index in [0.29, 0.717) is 25.3 Å². The van der Waals surface area contributed by atoms with Crippen LogP contribution in [0.15, 0.2) is 18.2 Å². The van der Waals surface area contributed by atoms with Crippen molar-refractivity contribution in [1.29, 1.82) is 5.26 Å². The third-order valence-electron chi connectivity index (χ3n) is 6.10. The molecule has 29 heavy (non-hydrogen) atoms. The van der Waals surface area contributed by atoms with Gasteiger partial charge < -0.3 is 4.90 Å². The first-order chi connectivity index (χ1) is 13.9. The Morgan fingerprint density at radius 2 is 2.14 bits per heavy atom. The second-order valence-electron chi connectivity index (χ2n) is 8.98. The number of carbonyl (C=O) groups excluding carboxylic acids is 2. The van der Waals surface area contributed by atoms with Gasteiger partial charge >= 0.3 is 0 Å². The number of hydrogen-bond donors (Lipinski definition) is 0. The van der Waals surface area contributed by atoms with Crippen LogP contribution in [-0.2, 0) is 22.4 Å². The van der Waals surface area contributed by atoms with Gasteiger partial charge in [0.15, 0.2) is 0 Å². The van der Waals surface area contributed by atoms with Gasteiger partial charge in [-0.1, -0.05) is 32.1 Å². The molecule has 0 spiro atoms. The number of carbonyl (C=O) groups is 2. The van der Waals surface area contributed by atoms with Crippen LogP contribution in [0.5, 0.6) is 0 Å². The quantitative estimate of drug-likeness (QED) is 0.743. The average Bonchev–Trinajstić information content (AvgIpc) is 3.43. The maximum atomic E-state index is 12.4. The van der Waals surface area contributed by atoms with Gasteiger partial charge in [-0.05, 0) is 30.0 Å². The molecule has 0 bridgehead atoms. The lowest BCUT2D eigenvalue weighted by Crippen LogP contribution is -2.42. The number of fused-ring (bicyclic) bond motifs is 1. The summed E-state index contributed by atoms with van der Waals surface area (Å²) in [6.07, 6.45) is 10.2. The molecule has 1 aromatic rings. The lowest BCUT2D eigenvalue weighted by Gasteiger charge is -2.39. The molecular weight excluding hydrogens is 362 g/mol. The number of rotatable bonds is 6. The first-order valence-electron chi connectivity index (χ1n) is 10.5. The van der Waals surface area contributed by atoms with Crippen molar-refractivity contribution in [2.24, 2.45) is 11.3 Å². The van der Waals surface area contributed by atoms with E-state index >= 15 is 0 Å². The van der Waals surface area contributed by atoms with Crippen LogP contribution in [0.1, 0.15) is 62.0 Å². The average molecular weight is 389 g/mol. The van der Waals surface area contributed by atoms with Gasteiger partial charge in [-0.3, -0.25) is 14.6 Å². The Bertz CT molecular complexity index is 961. The van der Waals surface area contributed by atoms with Crippen LogP contribution in [0.4, 0.5) is 0 Å². The monoisotopic (exact) mass is 389 g/mol. The summed E-state index contributed by atoms with van der Waals surface area (Å²) >= 11 is 0. The number of Topliss-reactive ketones (excluding diaryl/α,β-unsaturated/α-hetero) is 1. The van der Waals surface area contributed by atoms with Crippen molar-refractivity contribution in [3.8, 4) is 6.07 Å². The van der Waals surface area contributed by atoms with Gasteiger partial charge in [0.2, 0.25) is 5.91 Å². The van der Waals surface area contributed by atoms with Crippen molar-refractivity contribution in [3.63, 3.8) is 0 Å². The van der Waals surface area contributed by atoms with Gasteiger partial charge in [0.25, 0.3) is 0 Å². The molecule has 3 aliphatic rings. The van der Waals surface area contributed by atoms with Crippen molar-refractivity contribution in [2.45, 2.75) is 52.4 Å². The number of hydrogen-bond acceptors (Lipinski definition) is 4. The van der Waals surface area contributed by atoms with Crippen LogP contribution in [0.2, 0.25) is 0 Å². The molecule has 0 radical (unpaired) electrons. The molecule has 2 heterocycles. The molecule has 5 nitrogen and oxygen atoms in total. The summed E-state index contributed by atoms with van der Waals surface area (Å²) < 4.78 is 0. The van der Waals surface area contributed by atoms with E-state index in [2.05, 4.69) is 44.2 Å². The molecule has 4 rings (SSSR count). The van der Waals surface area contributed by atoms with Crippen LogP contribution in [0, 0.1) is 22.7 Å². The Morgan fingerprint density at radius 1 is 1.34 bits per heavy atom. The van der Waals surface area contributed by atoms with Crippen molar-refractivity contribution < 1.29 is 9.59 Å². The summed E-state index contributed by atoms with van der Waals surface area (Å²) in [5.74, 6) is 0.580. The number of amides is 1. The Morgan fingerprint density at radius 3 is 2.83 bits per heavy atom. The highest BCUT2D eigenvalue weighted by Crippen LogP contribution is 2.42. The SMILES string of the molecule is CC1(C)CN(C(=O)CCC#N)CC=C1c1cc(CC(=O)C2CC2)nc2c1C=CC2. The van der Waals surface area contributed by atoms with Crippen LogP contribution in [0.25, 0.3) is 11.6 Å². The van der Waals surface area contributed by atoms with E-state index in [0.717, 1.165) is 41.8 Å². The number of nitrogens with zero attached hydrogens (tertiary/aromatic N) is 3. The zero-order chi connectivity index (χ0) is 20.6. The van der Waals surface area contributed by atoms with Gasteiger partial charge in [-0.25, -0.2) is 0 Å². The van der Waals surface area contributed by atoms with Gasteiger partial charge in [0, 0.05) is 61.4 Å². The normalized spacial score (nSPS) is 19.5. The predicted octanol–water partition coefficient (Wildman–Crippen LogP) is 3.73. The van der Waals surface area contributed by atoms with Crippen LogP contribution in [-0.4, -0.2) is 34.7 Å². The molecular formula is C24H27N3O2. The number of allylic oxidation sites excluding steroid dienone is 1. The summed E-state index contributed by atoms with van der Waals surface area (Å²) in [5.41, 5.74) is 5.21. The van der Waals surface area contributed by atoms with Gasteiger partial charge in [0.05, 0.1) is 11.8 Å². The largest absolute Gasteiger partial charge is 0.338 e. The molecule has 1 aromatic heterocycles. The highest BCUT2D eigenvalue weighted by Gasteiger charge is 2.35.